The van der Waals surface area contributed by atoms with Crippen LogP contribution < -0.4 is 0 Å². The number of nitrogens with zero attached hydrogens (tertiary/aromatic N) is 2. The highest BCUT2D eigenvalue weighted by Gasteiger charge is 2.10. The molecule has 0 heterocycles. The molecule has 0 atom stereocenters. The van der Waals surface area contributed by atoms with Gasteiger partial charge in [-0.3, -0.25) is 0 Å². The van der Waals surface area contributed by atoms with E-state index in [2.05, 4.69) is 0 Å². The molecular formula is C8H14N2O2. The number of nitriles is 1. The van der Waals surface area contributed by atoms with Crippen molar-refractivity contribution in [2.75, 3.05) is 13.2 Å². The van der Waals surface area contributed by atoms with Gasteiger partial charge in [0.25, 0.3) is 0 Å². The lowest BCUT2D eigenvalue weighted by atomic mass is 10.4. The van der Waals surface area contributed by atoms with Gasteiger partial charge in [-0.05, 0) is 13.3 Å². The maximum Gasteiger partial charge on any atom is 0.423 e. The van der Waals surface area contributed by atoms with Gasteiger partial charge in [0.1, 0.15) is 0 Å². The average Bonchev–Trinajstić information content (AvgIpc) is 2.07. The predicted octanol–water partition coefficient (Wildman–Crippen LogP) is 1.73. The van der Waals surface area contributed by atoms with Crippen molar-refractivity contribution in [2.24, 2.45) is 0 Å². The number of amides is 1. The van der Waals surface area contributed by atoms with Gasteiger partial charge < -0.3 is 4.74 Å². The topological polar surface area (TPSA) is 53.3 Å². The van der Waals surface area contributed by atoms with Gasteiger partial charge in [-0.2, -0.15) is 5.26 Å². The highest BCUT2D eigenvalue weighted by atomic mass is 16.6. The van der Waals surface area contributed by atoms with Crippen molar-refractivity contribution >= 4 is 6.09 Å². The Balaban J connectivity index is 3.64. The number of hydrogen-bond donors (Lipinski definition) is 0. The Kier molecular flexibility index (Phi) is 5.80. The molecule has 0 aliphatic carbocycles. The molecule has 0 saturated carbocycles. The first kappa shape index (κ1) is 10.8. The quantitative estimate of drug-likeness (QED) is 0.367. The molecule has 0 N–H and O–H groups in total. The highest BCUT2D eigenvalue weighted by molar-refractivity contribution is 5.69. The maximum atomic E-state index is 11.0. The summed E-state index contributed by atoms with van der Waals surface area (Å²) in [6, 6.07) is 0. The Morgan fingerprint density at radius 3 is 2.67 bits per heavy atom. The zero-order valence-corrected chi connectivity index (χ0v) is 7.54. The number of hydrogen-bond acceptors (Lipinski definition) is 3. The van der Waals surface area contributed by atoms with Crippen LogP contribution in [-0.4, -0.2) is 24.1 Å². The van der Waals surface area contributed by atoms with Crippen molar-refractivity contribution in [2.45, 2.75) is 26.7 Å². The molecule has 0 saturated heterocycles. The molecule has 0 aliphatic heterocycles. The second kappa shape index (κ2) is 6.47. The number of carbonyl (C=O) groups excluding carboxylic acids is 1. The molecule has 0 unspecified atom stereocenters. The minimum absolute atomic E-state index is 0.363. The molecular weight excluding hydrogens is 156 g/mol. The standard InChI is InChI=1S/C8H14N2O2/c1-3-5-6-12-8(11)10(4-2)7-9/h3-6H2,1-2H3. The Morgan fingerprint density at radius 1 is 1.58 bits per heavy atom. The molecule has 1 amide bonds. The van der Waals surface area contributed by atoms with Crippen molar-refractivity contribution in [3.63, 3.8) is 0 Å². The van der Waals surface area contributed by atoms with Gasteiger partial charge >= 0.3 is 6.09 Å². The first-order valence-electron chi connectivity index (χ1n) is 4.10. The van der Waals surface area contributed by atoms with Gasteiger partial charge in [0, 0.05) is 6.54 Å². The zero-order valence-electron chi connectivity index (χ0n) is 7.54. The third-order valence-corrected chi connectivity index (χ3v) is 1.38. The molecule has 0 aromatic carbocycles. The molecule has 0 aliphatic rings. The fraction of sp³-hybridized carbons (Fsp3) is 0.750. The minimum atomic E-state index is -0.548. The van der Waals surface area contributed by atoms with Crippen LogP contribution in [0.3, 0.4) is 0 Å². The second-order valence-corrected chi connectivity index (χ2v) is 2.31. The van der Waals surface area contributed by atoms with Crippen LogP contribution in [0.4, 0.5) is 4.79 Å². The van der Waals surface area contributed by atoms with E-state index in [4.69, 9.17) is 10.00 Å². The third-order valence-electron chi connectivity index (χ3n) is 1.38. The summed E-state index contributed by atoms with van der Waals surface area (Å²) in [5, 5.41) is 8.43. The first-order valence-corrected chi connectivity index (χ1v) is 4.10. The number of rotatable bonds is 4. The highest BCUT2D eigenvalue weighted by Crippen LogP contribution is 1.94. The van der Waals surface area contributed by atoms with Crippen LogP contribution in [0, 0.1) is 11.5 Å². The van der Waals surface area contributed by atoms with Crippen LogP contribution in [0.1, 0.15) is 26.7 Å². The Labute approximate surface area is 72.7 Å². The molecule has 0 rings (SSSR count). The van der Waals surface area contributed by atoms with Crippen molar-refractivity contribution in [1.29, 1.82) is 5.26 Å². The van der Waals surface area contributed by atoms with Gasteiger partial charge in [-0.1, -0.05) is 13.3 Å². The maximum absolute atomic E-state index is 11.0. The normalized spacial score (nSPS) is 8.75. The Hall–Kier alpha value is -1.24. The van der Waals surface area contributed by atoms with E-state index in [1.54, 1.807) is 13.1 Å². The number of unbranched alkanes of at least 4 members (excludes halogenated alkanes) is 1. The Bertz CT molecular complexity index is 174. The molecule has 0 bridgehead atoms. The summed E-state index contributed by atoms with van der Waals surface area (Å²) in [7, 11) is 0. The summed E-state index contributed by atoms with van der Waals surface area (Å²) >= 11 is 0. The van der Waals surface area contributed by atoms with E-state index in [1.165, 1.54) is 0 Å². The largest absolute Gasteiger partial charge is 0.449 e. The molecule has 0 fully saturated rings. The average molecular weight is 170 g/mol. The summed E-state index contributed by atoms with van der Waals surface area (Å²) in [4.78, 5) is 11.9. The molecule has 0 aromatic heterocycles. The van der Waals surface area contributed by atoms with Gasteiger partial charge in [0.05, 0.1) is 6.61 Å². The van der Waals surface area contributed by atoms with E-state index in [-0.39, 0.29) is 0 Å². The Morgan fingerprint density at radius 2 is 2.25 bits per heavy atom. The minimum Gasteiger partial charge on any atom is -0.449 e. The zero-order chi connectivity index (χ0) is 9.40. The molecule has 4 heteroatoms. The van der Waals surface area contributed by atoms with E-state index >= 15 is 0 Å². The first-order chi connectivity index (χ1) is 5.76. The van der Waals surface area contributed by atoms with E-state index < -0.39 is 6.09 Å². The van der Waals surface area contributed by atoms with Crippen LogP contribution in [0.5, 0.6) is 0 Å². The molecule has 0 spiro atoms. The van der Waals surface area contributed by atoms with Gasteiger partial charge in [0.15, 0.2) is 6.19 Å². The van der Waals surface area contributed by atoms with E-state index in [0.717, 1.165) is 17.7 Å². The lowest BCUT2D eigenvalue weighted by Crippen LogP contribution is -2.26. The van der Waals surface area contributed by atoms with Crippen molar-refractivity contribution in [1.82, 2.24) is 4.90 Å². The summed E-state index contributed by atoms with van der Waals surface area (Å²) in [6.07, 6.45) is 3.01. The fourth-order valence-electron chi connectivity index (χ4n) is 0.622. The lowest BCUT2D eigenvalue weighted by Gasteiger charge is -2.10. The van der Waals surface area contributed by atoms with Crippen molar-refractivity contribution in [3.8, 4) is 6.19 Å². The summed E-state index contributed by atoms with van der Waals surface area (Å²) in [5.74, 6) is 0. The lowest BCUT2D eigenvalue weighted by molar-refractivity contribution is 0.119. The molecule has 0 aromatic rings. The van der Waals surface area contributed by atoms with Crippen LogP contribution in [0.25, 0.3) is 0 Å². The monoisotopic (exact) mass is 170 g/mol. The summed E-state index contributed by atoms with van der Waals surface area (Å²) in [5.41, 5.74) is 0. The summed E-state index contributed by atoms with van der Waals surface area (Å²) < 4.78 is 4.79. The van der Waals surface area contributed by atoms with Gasteiger partial charge in [-0.25, -0.2) is 9.69 Å². The fourth-order valence-corrected chi connectivity index (χ4v) is 0.622. The van der Waals surface area contributed by atoms with Crippen molar-refractivity contribution < 1.29 is 9.53 Å². The second-order valence-electron chi connectivity index (χ2n) is 2.31. The smallest absolute Gasteiger partial charge is 0.423 e. The number of carbonyl (C=O) groups is 1. The predicted molar refractivity (Wildman–Crippen MR) is 44.2 cm³/mol. The number of ether oxygens (including phenoxy) is 1. The molecule has 0 radical (unpaired) electrons. The molecule has 12 heavy (non-hydrogen) atoms. The molecule has 68 valence electrons. The van der Waals surface area contributed by atoms with Gasteiger partial charge in [-0.15, -0.1) is 0 Å². The van der Waals surface area contributed by atoms with Crippen LogP contribution in [-0.2, 0) is 4.74 Å². The van der Waals surface area contributed by atoms with Crippen LogP contribution >= 0.6 is 0 Å². The van der Waals surface area contributed by atoms with E-state index in [1.807, 2.05) is 6.92 Å². The van der Waals surface area contributed by atoms with Gasteiger partial charge in [0.2, 0.25) is 0 Å². The van der Waals surface area contributed by atoms with Crippen LogP contribution in [0.15, 0.2) is 0 Å². The van der Waals surface area contributed by atoms with E-state index in [9.17, 15) is 4.79 Å². The molecule has 4 nitrogen and oxygen atoms in total. The SMILES string of the molecule is CCCCOC(=O)N(C#N)CC. The van der Waals surface area contributed by atoms with Crippen molar-refractivity contribution in [3.05, 3.63) is 0 Å². The summed E-state index contributed by atoms with van der Waals surface area (Å²) in [6.45, 7) is 4.50. The van der Waals surface area contributed by atoms with E-state index in [0.29, 0.717) is 13.2 Å². The third kappa shape index (κ3) is 3.81. The van der Waals surface area contributed by atoms with Crippen LogP contribution in [0.2, 0.25) is 0 Å².